The van der Waals surface area contributed by atoms with Crippen LogP contribution in [0.4, 0.5) is 10.1 Å². The SMILES string of the molecule is CCCCC(NC(=O)C(C)SCC(=O)Nc1ccc(F)cc1)C(=O)O. The van der Waals surface area contributed by atoms with E-state index in [1.807, 2.05) is 6.92 Å². The maximum atomic E-state index is 12.8. The Bertz CT molecular complexity index is 595. The van der Waals surface area contributed by atoms with Gasteiger partial charge in [-0.2, -0.15) is 0 Å². The molecule has 0 saturated heterocycles. The number of carboxylic acids is 1. The second-order valence-corrected chi connectivity index (χ2v) is 6.88. The van der Waals surface area contributed by atoms with Gasteiger partial charge >= 0.3 is 5.97 Å². The van der Waals surface area contributed by atoms with Gasteiger partial charge < -0.3 is 15.7 Å². The fourth-order valence-electron chi connectivity index (χ4n) is 1.96. The van der Waals surface area contributed by atoms with Gasteiger partial charge in [-0.05, 0) is 37.6 Å². The van der Waals surface area contributed by atoms with Crippen molar-refractivity contribution in [3.63, 3.8) is 0 Å². The number of benzene rings is 1. The van der Waals surface area contributed by atoms with E-state index in [9.17, 15) is 18.8 Å². The van der Waals surface area contributed by atoms with Gasteiger partial charge in [0.1, 0.15) is 11.9 Å². The van der Waals surface area contributed by atoms with Crippen LogP contribution >= 0.6 is 11.8 Å². The van der Waals surface area contributed by atoms with Crippen molar-refractivity contribution in [1.29, 1.82) is 0 Å². The van der Waals surface area contributed by atoms with E-state index < -0.39 is 29.0 Å². The molecule has 8 heteroatoms. The maximum absolute atomic E-state index is 12.8. The summed E-state index contributed by atoms with van der Waals surface area (Å²) in [5, 5.41) is 13.6. The maximum Gasteiger partial charge on any atom is 0.326 e. The molecule has 1 aromatic rings. The first-order chi connectivity index (χ1) is 11.8. The summed E-state index contributed by atoms with van der Waals surface area (Å²) in [6.07, 6.45) is 1.92. The minimum Gasteiger partial charge on any atom is -0.480 e. The van der Waals surface area contributed by atoms with Crippen molar-refractivity contribution in [2.75, 3.05) is 11.1 Å². The number of amides is 2. The zero-order valence-corrected chi connectivity index (χ0v) is 15.1. The number of anilines is 1. The molecule has 0 fully saturated rings. The number of unbranched alkanes of at least 4 members (excludes halogenated alkanes) is 1. The molecule has 0 radical (unpaired) electrons. The molecule has 0 spiro atoms. The molecule has 0 aliphatic rings. The van der Waals surface area contributed by atoms with Gasteiger partial charge in [0, 0.05) is 5.69 Å². The molecule has 0 aromatic heterocycles. The number of hydrogen-bond acceptors (Lipinski definition) is 4. The number of carboxylic acid groups (broad SMARTS) is 1. The molecule has 25 heavy (non-hydrogen) atoms. The van der Waals surface area contributed by atoms with Crippen molar-refractivity contribution in [2.24, 2.45) is 0 Å². The molecule has 0 heterocycles. The number of hydrogen-bond donors (Lipinski definition) is 3. The summed E-state index contributed by atoms with van der Waals surface area (Å²) in [4.78, 5) is 35.0. The molecule has 0 saturated carbocycles. The Morgan fingerprint density at radius 1 is 1.24 bits per heavy atom. The molecular formula is C17H23FN2O4S. The van der Waals surface area contributed by atoms with E-state index in [1.54, 1.807) is 6.92 Å². The van der Waals surface area contributed by atoms with Gasteiger partial charge in [-0.25, -0.2) is 9.18 Å². The van der Waals surface area contributed by atoms with E-state index in [-0.39, 0.29) is 11.7 Å². The van der Waals surface area contributed by atoms with Crippen LogP contribution in [0.15, 0.2) is 24.3 Å². The number of thioether (sulfide) groups is 1. The van der Waals surface area contributed by atoms with Gasteiger partial charge in [0.15, 0.2) is 0 Å². The Hall–Kier alpha value is -2.09. The number of carbonyl (C=O) groups excluding carboxylic acids is 2. The molecule has 138 valence electrons. The highest BCUT2D eigenvalue weighted by molar-refractivity contribution is 8.01. The average molecular weight is 370 g/mol. The molecule has 2 amide bonds. The van der Waals surface area contributed by atoms with Crippen molar-refractivity contribution in [2.45, 2.75) is 44.4 Å². The fourth-order valence-corrected chi connectivity index (χ4v) is 2.65. The van der Waals surface area contributed by atoms with Crippen molar-refractivity contribution in [3.05, 3.63) is 30.1 Å². The van der Waals surface area contributed by atoms with E-state index >= 15 is 0 Å². The molecule has 2 atom stereocenters. The molecule has 6 nitrogen and oxygen atoms in total. The van der Waals surface area contributed by atoms with Crippen molar-refractivity contribution < 1.29 is 23.9 Å². The topological polar surface area (TPSA) is 95.5 Å². The summed E-state index contributed by atoms with van der Waals surface area (Å²) in [6, 6.07) is 4.45. The summed E-state index contributed by atoms with van der Waals surface area (Å²) in [5.41, 5.74) is 0.467. The predicted molar refractivity (Wildman–Crippen MR) is 96.0 cm³/mol. The van der Waals surface area contributed by atoms with Gasteiger partial charge in [-0.1, -0.05) is 19.8 Å². The Morgan fingerprint density at radius 2 is 1.88 bits per heavy atom. The zero-order valence-electron chi connectivity index (χ0n) is 14.3. The van der Waals surface area contributed by atoms with Crippen LogP contribution in [0, 0.1) is 5.82 Å². The molecule has 0 aliphatic heterocycles. The van der Waals surface area contributed by atoms with Gasteiger partial charge in [0.2, 0.25) is 11.8 Å². The van der Waals surface area contributed by atoms with Crippen LogP contribution in [0.3, 0.4) is 0 Å². The lowest BCUT2D eigenvalue weighted by Crippen LogP contribution is -2.44. The smallest absolute Gasteiger partial charge is 0.326 e. The Kier molecular flexibility index (Phi) is 8.98. The third-order valence-corrected chi connectivity index (χ3v) is 4.57. The van der Waals surface area contributed by atoms with E-state index in [4.69, 9.17) is 5.11 Å². The van der Waals surface area contributed by atoms with Crippen LogP contribution < -0.4 is 10.6 Å². The Morgan fingerprint density at radius 3 is 2.44 bits per heavy atom. The lowest BCUT2D eigenvalue weighted by molar-refractivity contribution is -0.141. The minimum absolute atomic E-state index is 0.0264. The lowest BCUT2D eigenvalue weighted by atomic mass is 10.1. The predicted octanol–water partition coefficient (Wildman–Crippen LogP) is 2.65. The van der Waals surface area contributed by atoms with Crippen LogP contribution in [-0.4, -0.2) is 39.9 Å². The zero-order chi connectivity index (χ0) is 18.8. The minimum atomic E-state index is -1.06. The normalized spacial score (nSPS) is 12.9. The highest BCUT2D eigenvalue weighted by Gasteiger charge is 2.23. The van der Waals surface area contributed by atoms with E-state index in [1.165, 1.54) is 24.3 Å². The van der Waals surface area contributed by atoms with Gasteiger partial charge in [0.25, 0.3) is 0 Å². The van der Waals surface area contributed by atoms with E-state index in [0.717, 1.165) is 18.2 Å². The van der Waals surface area contributed by atoms with Crippen LogP contribution in [0.25, 0.3) is 0 Å². The first kappa shape index (κ1) is 21.0. The van der Waals surface area contributed by atoms with Crippen molar-refractivity contribution in [1.82, 2.24) is 5.32 Å². The molecule has 1 aromatic carbocycles. The summed E-state index contributed by atoms with van der Waals surface area (Å²) >= 11 is 1.10. The second kappa shape index (κ2) is 10.7. The average Bonchev–Trinajstić information content (AvgIpc) is 2.58. The first-order valence-electron chi connectivity index (χ1n) is 8.03. The molecule has 0 aliphatic carbocycles. The molecule has 0 bridgehead atoms. The quantitative estimate of drug-likeness (QED) is 0.588. The molecule has 3 N–H and O–H groups in total. The lowest BCUT2D eigenvalue weighted by Gasteiger charge is -2.17. The molecule has 1 rings (SSSR count). The number of aliphatic carboxylic acids is 1. The van der Waals surface area contributed by atoms with Crippen LogP contribution in [0.1, 0.15) is 33.1 Å². The van der Waals surface area contributed by atoms with E-state index in [0.29, 0.717) is 18.5 Å². The number of rotatable bonds is 10. The van der Waals surface area contributed by atoms with Crippen LogP contribution in [0.2, 0.25) is 0 Å². The fraction of sp³-hybridized carbons (Fsp3) is 0.471. The van der Waals surface area contributed by atoms with Crippen molar-refractivity contribution >= 4 is 35.2 Å². The van der Waals surface area contributed by atoms with Gasteiger partial charge in [-0.15, -0.1) is 11.8 Å². The number of halogens is 1. The Labute approximate surface area is 150 Å². The first-order valence-corrected chi connectivity index (χ1v) is 9.08. The van der Waals surface area contributed by atoms with Gasteiger partial charge in [-0.3, -0.25) is 9.59 Å². The highest BCUT2D eigenvalue weighted by Crippen LogP contribution is 2.14. The second-order valence-electron chi connectivity index (χ2n) is 5.55. The monoisotopic (exact) mass is 370 g/mol. The number of nitrogens with one attached hydrogen (secondary N) is 2. The summed E-state index contributed by atoms with van der Waals surface area (Å²) in [6.45, 7) is 3.56. The summed E-state index contributed by atoms with van der Waals surface area (Å²) in [7, 11) is 0. The third kappa shape index (κ3) is 8.02. The summed E-state index contributed by atoms with van der Waals surface area (Å²) < 4.78 is 12.8. The van der Waals surface area contributed by atoms with Crippen LogP contribution in [0.5, 0.6) is 0 Å². The number of carbonyl (C=O) groups is 3. The largest absolute Gasteiger partial charge is 0.480 e. The van der Waals surface area contributed by atoms with E-state index in [2.05, 4.69) is 10.6 Å². The van der Waals surface area contributed by atoms with Crippen LogP contribution in [-0.2, 0) is 14.4 Å². The standard InChI is InChI=1S/C17H23FN2O4S/c1-3-4-5-14(17(23)24)20-16(22)11(2)25-10-15(21)19-13-8-6-12(18)7-9-13/h6-9,11,14H,3-5,10H2,1-2H3,(H,19,21)(H,20,22)(H,23,24). The van der Waals surface area contributed by atoms with Crippen molar-refractivity contribution in [3.8, 4) is 0 Å². The van der Waals surface area contributed by atoms with Gasteiger partial charge in [0.05, 0.1) is 11.0 Å². The highest BCUT2D eigenvalue weighted by atomic mass is 32.2. The third-order valence-electron chi connectivity index (χ3n) is 3.42. The molecular weight excluding hydrogens is 347 g/mol. The summed E-state index contributed by atoms with van der Waals surface area (Å²) in [5.74, 6) is -2.17. The molecule has 2 unspecified atom stereocenters. The Balaban J connectivity index is 2.42.